The first-order valence-electron chi connectivity index (χ1n) is 2.44. The predicted molar refractivity (Wildman–Crippen MR) is 26.9 cm³/mol. The quantitative estimate of drug-likeness (QED) is 0.434. The molecule has 1 rings (SSSR count). The number of hydrogen-bond donors (Lipinski definition) is 0. The van der Waals surface area contributed by atoms with Gasteiger partial charge in [-0.05, 0) is 6.54 Å². The van der Waals surface area contributed by atoms with E-state index in [-0.39, 0.29) is 13.0 Å². The molecule has 1 fully saturated rings. The Bertz CT molecular complexity index is 96.0. The van der Waals surface area contributed by atoms with Crippen LogP contribution >= 0.6 is 0 Å². The molecule has 3 radical (unpaired) electrons. The van der Waals surface area contributed by atoms with Crippen LogP contribution in [-0.2, 0) is 0 Å². The van der Waals surface area contributed by atoms with E-state index in [0.29, 0.717) is 6.54 Å². The van der Waals surface area contributed by atoms with E-state index in [2.05, 4.69) is 10.4 Å². The molecule has 0 aromatic carbocycles. The van der Waals surface area contributed by atoms with Crippen molar-refractivity contribution in [2.24, 2.45) is 0 Å². The van der Waals surface area contributed by atoms with Crippen LogP contribution in [0.5, 0.6) is 0 Å². The molecular weight excluding hydrogens is 128 g/mol. The van der Waals surface area contributed by atoms with E-state index in [4.69, 9.17) is 0 Å². The zero-order valence-electron chi connectivity index (χ0n) is 4.32. The van der Waals surface area contributed by atoms with Crippen molar-refractivity contribution in [1.82, 2.24) is 4.57 Å². The SMILES string of the molecule is FC1(F)CCN([Si])C1. The Balaban J connectivity index is 2.44. The lowest BCUT2D eigenvalue weighted by Crippen LogP contribution is -2.22. The molecular formula is C4H6F2NSi. The minimum atomic E-state index is -2.46. The highest BCUT2D eigenvalue weighted by molar-refractivity contribution is 6.04. The van der Waals surface area contributed by atoms with Gasteiger partial charge >= 0.3 is 0 Å². The lowest BCUT2D eigenvalue weighted by Gasteiger charge is -2.06. The maximum Gasteiger partial charge on any atom is 0.261 e. The van der Waals surface area contributed by atoms with Gasteiger partial charge in [-0.25, -0.2) is 8.78 Å². The van der Waals surface area contributed by atoms with E-state index < -0.39 is 5.92 Å². The average molecular weight is 134 g/mol. The van der Waals surface area contributed by atoms with Gasteiger partial charge in [-0.1, -0.05) is 0 Å². The molecule has 1 aliphatic heterocycles. The number of hydrogen-bond acceptors (Lipinski definition) is 1. The standard InChI is InChI=1S/C4H6F2NSi/c5-4(6)1-2-7(8)3-4/h1-3H2. The third-order valence-corrected chi connectivity index (χ3v) is 1.55. The van der Waals surface area contributed by atoms with Crippen molar-refractivity contribution in [1.29, 1.82) is 0 Å². The van der Waals surface area contributed by atoms with E-state index >= 15 is 0 Å². The van der Waals surface area contributed by atoms with Gasteiger partial charge in [0.05, 0.1) is 6.54 Å². The number of nitrogens with zero attached hydrogens (tertiary/aromatic N) is 1. The van der Waals surface area contributed by atoms with Gasteiger partial charge in [-0.3, -0.25) is 0 Å². The summed E-state index contributed by atoms with van der Waals surface area (Å²) >= 11 is 0. The highest BCUT2D eigenvalue weighted by atomic mass is 28.2. The van der Waals surface area contributed by atoms with Gasteiger partial charge in [-0.2, -0.15) is 0 Å². The molecule has 0 aromatic heterocycles. The number of rotatable bonds is 0. The fourth-order valence-corrected chi connectivity index (χ4v) is 1.08. The molecule has 1 nitrogen and oxygen atoms in total. The van der Waals surface area contributed by atoms with Crippen LogP contribution in [0.1, 0.15) is 6.42 Å². The Morgan fingerprint density at radius 3 is 2.25 bits per heavy atom. The van der Waals surface area contributed by atoms with Crippen molar-refractivity contribution in [3.63, 3.8) is 0 Å². The van der Waals surface area contributed by atoms with Crippen LogP contribution in [0, 0.1) is 0 Å². The molecule has 0 atom stereocenters. The molecule has 0 saturated carbocycles. The number of halogens is 2. The molecule has 0 bridgehead atoms. The summed E-state index contributed by atoms with van der Waals surface area (Å²) in [7, 11) is 3.01. The van der Waals surface area contributed by atoms with Gasteiger partial charge in [-0.15, -0.1) is 0 Å². The lowest BCUT2D eigenvalue weighted by atomic mass is 10.3. The van der Waals surface area contributed by atoms with E-state index in [9.17, 15) is 8.78 Å². The van der Waals surface area contributed by atoms with Crippen LogP contribution in [-0.4, -0.2) is 34.0 Å². The first-order chi connectivity index (χ1) is 3.60. The molecule has 0 aromatic rings. The maximum atomic E-state index is 12.1. The topological polar surface area (TPSA) is 3.24 Å². The van der Waals surface area contributed by atoms with Crippen LogP contribution in [0.3, 0.4) is 0 Å². The number of alkyl halides is 2. The molecule has 4 heteroatoms. The third-order valence-electron chi connectivity index (χ3n) is 1.17. The maximum absolute atomic E-state index is 12.1. The van der Waals surface area contributed by atoms with E-state index in [0.717, 1.165) is 0 Å². The molecule has 8 heavy (non-hydrogen) atoms. The summed E-state index contributed by atoms with van der Waals surface area (Å²) in [6.45, 7) is 0.299. The summed E-state index contributed by atoms with van der Waals surface area (Å²) in [5.74, 6) is -2.46. The van der Waals surface area contributed by atoms with Crippen LogP contribution in [0.2, 0.25) is 0 Å². The van der Waals surface area contributed by atoms with Crippen molar-refractivity contribution in [3.8, 4) is 0 Å². The Labute approximate surface area is 50.2 Å². The smallest absolute Gasteiger partial charge is 0.261 e. The summed E-state index contributed by atoms with van der Waals surface area (Å²) < 4.78 is 25.7. The molecule has 0 amide bonds. The van der Waals surface area contributed by atoms with E-state index in [1.165, 1.54) is 4.57 Å². The van der Waals surface area contributed by atoms with Gasteiger partial charge in [0.1, 0.15) is 10.4 Å². The van der Waals surface area contributed by atoms with Crippen molar-refractivity contribution in [2.75, 3.05) is 13.1 Å². The molecule has 1 saturated heterocycles. The normalized spacial score (nSPS) is 28.9. The zero-order valence-corrected chi connectivity index (χ0v) is 5.32. The second kappa shape index (κ2) is 1.77. The average Bonchev–Trinajstić information content (AvgIpc) is 1.82. The Kier molecular flexibility index (Phi) is 1.36. The summed E-state index contributed by atoms with van der Waals surface area (Å²) in [6.07, 6.45) is -0.0174. The van der Waals surface area contributed by atoms with E-state index in [1.54, 1.807) is 0 Å². The zero-order chi connectivity index (χ0) is 6.20. The fourth-order valence-electron chi connectivity index (χ4n) is 0.736. The van der Waals surface area contributed by atoms with Crippen molar-refractivity contribution >= 4 is 10.4 Å². The Hall–Kier alpha value is 0.0369. The summed E-state index contributed by atoms with van der Waals surface area (Å²) in [5.41, 5.74) is 0. The largest absolute Gasteiger partial charge is 0.321 e. The summed E-state index contributed by atoms with van der Waals surface area (Å²) in [6, 6.07) is 0. The molecule has 45 valence electrons. The second-order valence-electron chi connectivity index (χ2n) is 2.03. The van der Waals surface area contributed by atoms with Crippen molar-refractivity contribution in [2.45, 2.75) is 12.3 Å². The first-order valence-corrected chi connectivity index (χ1v) is 2.89. The van der Waals surface area contributed by atoms with Gasteiger partial charge in [0.15, 0.2) is 0 Å². The van der Waals surface area contributed by atoms with Crippen LogP contribution in [0.25, 0.3) is 0 Å². The van der Waals surface area contributed by atoms with Gasteiger partial charge in [0.2, 0.25) is 0 Å². The lowest BCUT2D eigenvalue weighted by molar-refractivity contribution is 0.0185. The third kappa shape index (κ3) is 1.26. The fraction of sp³-hybridized carbons (Fsp3) is 1.00. The molecule has 0 unspecified atom stereocenters. The Morgan fingerprint density at radius 1 is 1.50 bits per heavy atom. The first kappa shape index (κ1) is 6.16. The summed E-state index contributed by atoms with van der Waals surface area (Å²) in [5, 5.41) is 0. The molecule has 0 spiro atoms. The molecule has 1 heterocycles. The molecule has 1 aliphatic rings. The monoisotopic (exact) mass is 134 g/mol. The molecule has 0 N–H and O–H groups in total. The van der Waals surface area contributed by atoms with E-state index in [1.807, 2.05) is 0 Å². The Morgan fingerprint density at radius 2 is 2.12 bits per heavy atom. The highest BCUT2D eigenvalue weighted by Crippen LogP contribution is 2.24. The summed E-state index contributed by atoms with van der Waals surface area (Å²) in [4.78, 5) is 0. The van der Waals surface area contributed by atoms with Gasteiger partial charge in [0, 0.05) is 6.42 Å². The predicted octanol–water partition coefficient (Wildman–Crippen LogP) is 0.411. The van der Waals surface area contributed by atoms with Gasteiger partial charge in [0.25, 0.3) is 5.92 Å². The minimum absolute atomic E-state index is 0.0174. The molecule has 0 aliphatic carbocycles. The van der Waals surface area contributed by atoms with Crippen LogP contribution < -0.4 is 0 Å². The highest BCUT2D eigenvalue weighted by Gasteiger charge is 2.35. The second-order valence-corrected chi connectivity index (χ2v) is 2.66. The van der Waals surface area contributed by atoms with Crippen LogP contribution in [0.15, 0.2) is 0 Å². The van der Waals surface area contributed by atoms with Gasteiger partial charge < -0.3 is 4.57 Å². The van der Waals surface area contributed by atoms with Crippen molar-refractivity contribution < 1.29 is 8.78 Å². The minimum Gasteiger partial charge on any atom is -0.321 e. The van der Waals surface area contributed by atoms with Crippen LogP contribution in [0.4, 0.5) is 8.78 Å². The van der Waals surface area contributed by atoms with Crippen molar-refractivity contribution in [3.05, 3.63) is 0 Å².